The summed E-state index contributed by atoms with van der Waals surface area (Å²) in [6, 6.07) is 2.79. The Morgan fingerprint density at radius 3 is 2.40 bits per heavy atom. The summed E-state index contributed by atoms with van der Waals surface area (Å²) in [7, 11) is 0. The Morgan fingerprint density at radius 1 is 1.27 bits per heavy atom. The lowest BCUT2D eigenvalue weighted by Gasteiger charge is -2.29. The Labute approximate surface area is 92.0 Å². The Hall–Kier alpha value is -0.700. The third-order valence-electron chi connectivity index (χ3n) is 2.20. The van der Waals surface area contributed by atoms with Gasteiger partial charge in [0.05, 0.1) is 24.8 Å². The van der Waals surface area contributed by atoms with Crippen molar-refractivity contribution in [1.29, 1.82) is 0 Å². The van der Waals surface area contributed by atoms with Gasteiger partial charge in [-0.15, -0.1) is 0 Å². The van der Waals surface area contributed by atoms with Crippen molar-refractivity contribution in [3.63, 3.8) is 0 Å². The molecule has 0 saturated carbocycles. The Kier molecular flexibility index (Phi) is 4.45. The second-order valence-corrected chi connectivity index (χ2v) is 4.79. The van der Waals surface area contributed by atoms with Crippen molar-refractivity contribution in [2.24, 2.45) is 9.98 Å². The summed E-state index contributed by atoms with van der Waals surface area (Å²) in [5.74, 6) is 0. The molecule has 4 nitrogen and oxygen atoms in total. The van der Waals surface area contributed by atoms with Gasteiger partial charge in [0, 0.05) is 13.1 Å². The zero-order valence-electron chi connectivity index (χ0n) is 10.2. The minimum Gasteiger partial charge on any atom is -0.379 e. The molecule has 1 atom stereocenters. The first kappa shape index (κ1) is 12.4. The molecule has 0 N–H and O–H groups in total. The van der Waals surface area contributed by atoms with Gasteiger partial charge < -0.3 is 4.74 Å². The van der Waals surface area contributed by atoms with Crippen LogP contribution in [0.3, 0.4) is 0 Å². The molecule has 1 saturated heterocycles. The van der Waals surface area contributed by atoms with Crippen LogP contribution in [0.4, 0.5) is 0 Å². The van der Waals surface area contributed by atoms with Gasteiger partial charge >= 0.3 is 0 Å². The summed E-state index contributed by atoms with van der Waals surface area (Å²) in [4.78, 5) is 10.8. The highest BCUT2D eigenvalue weighted by molar-refractivity contribution is 5.42. The summed E-state index contributed by atoms with van der Waals surface area (Å²) >= 11 is 0. The molecule has 1 rings (SSSR count). The van der Waals surface area contributed by atoms with E-state index in [1.54, 1.807) is 0 Å². The lowest BCUT2D eigenvalue weighted by Crippen LogP contribution is -2.41. The van der Waals surface area contributed by atoms with Crippen LogP contribution in [0.1, 0.15) is 27.7 Å². The van der Waals surface area contributed by atoms with E-state index in [0.29, 0.717) is 0 Å². The summed E-state index contributed by atoms with van der Waals surface area (Å²) in [5, 5.41) is 0. The predicted octanol–water partition coefficient (Wildman–Crippen LogP) is 1.64. The molecule has 1 aliphatic rings. The Balaban J connectivity index is 2.46. The van der Waals surface area contributed by atoms with Crippen LogP contribution in [0, 0.1) is 0 Å². The number of morpholine rings is 1. The molecule has 15 heavy (non-hydrogen) atoms. The molecular weight excluding hydrogens is 190 g/mol. The number of ether oxygens (including phenoxy) is 1. The molecular formula is C11H21N3O. The fourth-order valence-corrected chi connectivity index (χ4v) is 1.30. The van der Waals surface area contributed by atoms with Crippen molar-refractivity contribution in [2.75, 3.05) is 26.3 Å². The lowest BCUT2D eigenvalue weighted by molar-refractivity contribution is 0.0221. The van der Waals surface area contributed by atoms with Crippen LogP contribution in [0.5, 0.6) is 0 Å². The molecule has 0 aromatic heterocycles. The minimum absolute atomic E-state index is 0.0891. The van der Waals surface area contributed by atoms with Crippen LogP contribution < -0.4 is 0 Å². The molecule has 1 fully saturated rings. The summed E-state index contributed by atoms with van der Waals surface area (Å²) in [5.41, 5.74) is -0.0891. The van der Waals surface area contributed by atoms with Crippen molar-refractivity contribution < 1.29 is 4.74 Å². The molecule has 86 valence electrons. The summed E-state index contributed by atoms with van der Waals surface area (Å²) < 4.78 is 5.28. The maximum Gasteiger partial charge on any atom is 0.110 e. The molecule has 1 unspecified atom stereocenters. The highest BCUT2D eigenvalue weighted by Crippen LogP contribution is 2.06. The zero-order chi connectivity index (χ0) is 11.3. The monoisotopic (exact) mass is 211 g/mol. The van der Waals surface area contributed by atoms with E-state index in [-0.39, 0.29) is 11.7 Å². The van der Waals surface area contributed by atoms with Gasteiger partial charge in [-0.05, 0) is 27.7 Å². The van der Waals surface area contributed by atoms with E-state index in [4.69, 9.17) is 4.74 Å². The maximum atomic E-state index is 5.28. The number of hydrogen-bond acceptors (Lipinski definition) is 4. The third kappa shape index (κ3) is 5.07. The van der Waals surface area contributed by atoms with Crippen LogP contribution in [0.25, 0.3) is 0 Å². The second-order valence-electron chi connectivity index (χ2n) is 4.79. The van der Waals surface area contributed by atoms with Crippen molar-refractivity contribution >= 4 is 6.01 Å². The number of rotatable bonds is 2. The first-order chi connectivity index (χ1) is 6.99. The van der Waals surface area contributed by atoms with Crippen molar-refractivity contribution in [2.45, 2.75) is 39.4 Å². The first-order valence-corrected chi connectivity index (χ1v) is 5.47. The van der Waals surface area contributed by atoms with E-state index in [9.17, 15) is 0 Å². The molecule has 1 heterocycles. The maximum absolute atomic E-state index is 5.28. The molecule has 4 heteroatoms. The highest BCUT2D eigenvalue weighted by atomic mass is 16.5. The number of nitrogens with zero attached hydrogens (tertiary/aromatic N) is 3. The van der Waals surface area contributed by atoms with E-state index < -0.39 is 0 Å². The Morgan fingerprint density at radius 2 is 1.87 bits per heavy atom. The molecule has 0 aliphatic carbocycles. The van der Waals surface area contributed by atoms with E-state index in [1.807, 2.05) is 20.8 Å². The van der Waals surface area contributed by atoms with Gasteiger partial charge in [-0.1, -0.05) is 0 Å². The Bertz CT molecular complexity index is 245. The predicted molar refractivity (Wildman–Crippen MR) is 61.5 cm³/mol. The smallest absolute Gasteiger partial charge is 0.110 e. The molecule has 0 radical (unpaired) electrons. The SMILES string of the molecule is CC(N=C=NC(C)(C)C)N1CCOCC1. The van der Waals surface area contributed by atoms with Gasteiger partial charge in [0.2, 0.25) is 0 Å². The lowest BCUT2D eigenvalue weighted by atomic mass is 10.1. The largest absolute Gasteiger partial charge is 0.379 e. The molecule has 0 aromatic carbocycles. The van der Waals surface area contributed by atoms with Gasteiger partial charge in [0.25, 0.3) is 0 Å². The minimum atomic E-state index is -0.0891. The van der Waals surface area contributed by atoms with Crippen molar-refractivity contribution in [3.8, 4) is 0 Å². The topological polar surface area (TPSA) is 37.2 Å². The zero-order valence-corrected chi connectivity index (χ0v) is 10.2. The van der Waals surface area contributed by atoms with E-state index in [0.717, 1.165) is 26.3 Å². The molecule has 0 bridgehead atoms. The average Bonchev–Trinajstić information content (AvgIpc) is 2.17. The van der Waals surface area contributed by atoms with E-state index >= 15 is 0 Å². The van der Waals surface area contributed by atoms with Gasteiger partial charge in [-0.25, -0.2) is 9.98 Å². The van der Waals surface area contributed by atoms with E-state index in [2.05, 4.69) is 27.8 Å². The van der Waals surface area contributed by atoms with Gasteiger partial charge in [-0.3, -0.25) is 4.90 Å². The number of hydrogen-bond donors (Lipinski definition) is 0. The van der Waals surface area contributed by atoms with Crippen LogP contribution in [-0.2, 0) is 4.74 Å². The molecule has 1 aliphatic heterocycles. The van der Waals surface area contributed by atoms with Gasteiger partial charge in [0.1, 0.15) is 6.17 Å². The third-order valence-corrected chi connectivity index (χ3v) is 2.20. The molecule has 0 spiro atoms. The normalized spacial score (nSPS) is 20.5. The molecule has 0 amide bonds. The quantitative estimate of drug-likeness (QED) is 0.651. The highest BCUT2D eigenvalue weighted by Gasteiger charge is 2.15. The average molecular weight is 211 g/mol. The fourth-order valence-electron chi connectivity index (χ4n) is 1.30. The van der Waals surface area contributed by atoms with Gasteiger partial charge in [0.15, 0.2) is 0 Å². The number of aliphatic imine (C=N–C) groups is 2. The summed E-state index contributed by atoms with van der Waals surface area (Å²) in [6.45, 7) is 11.7. The van der Waals surface area contributed by atoms with Gasteiger partial charge in [-0.2, -0.15) is 0 Å². The van der Waals surface area contributed by atoms with Crippen LogP contribution in [0.2, 0.25) is 0 Å². The first-order valence-electron chi connectivity index (χ1n) is 5.47. The van der Waals surface area contributed by atoms with Crippen LogP contribution >= 0.6 is 0 Å². The van der Waals surface area contributed by atoms with Crippen molar-refractivity contribution in [1.82, 2.24) is 4.90 Å². The standard InChI is InChI=1S/C11H21N3O/c1-10(12-9-13-11(2,3)4)14-5-7-15-8-6-14/h10H,5-8H2,1-4H3. The second kappa shape index (κ2) is 5.40. The van der Waals surface area contributed by atoms with E-state index in [1.165, 1.54) is 0 Å². The molecule has 0 aromatic rings. The van der Waals surface area contributed by atoms with Crippen LogP contribution in [-0.4, -0.2) is 48.9 Å². The van der Waals surface area contributed by atoms with Crippen LogP contribution in [0.15, 0.2) is 9.98 Å². The van der Waals surface area contributed by atoms with Crippen molar-refractivity contribution in [3.05, 3.63) is 0 Å². The fraction of sp³-hybridized carbons (Fsp3) is 0.909. The summed E-state index contributed by atoms with van der Waals surface area (Å²) in [6.07, 6.45) is 0.153.